The summed E-state index contributed by atoms with van der Waals surface area (Å²) < 4.78 is 5.48. The van der Waals surface area contributed by atoms with E-state index in [1.807, 2.05) is 41.3 Å². The Kier molecular flexibility index (Phi) is 5.71. The minimum Gasteiger partial charge on any atom is -0.378 e. The molecule has 0 atom stereocenters. The van der Waals surface area contributed by atoms with Crippen LogP contribution in [0.5, 0.6) is 0 Å². The average Bonchev–Trinajstić information content (AvgIpc) is 3.63. The third kappa shape index (κ3) is 4.17. The molecule has 0 radical (unpaired) electrons. The van der Waals surface area contributed by atoms with Crippen LogP contribution in [0.4, 0.5) is 11.4 Å². The van der Waals surface area contributed by atoms with Crippen molar-refractivity contribution in [3.05, 3.63) is 70.6 Å². The van der Waals surface area contributed by atoms with Crippen LogP contribution >= 0.6 is 11.3 Å². The van der Waals surface area contributed by atoms with Gasteiger partial charge in [0.25, 0.3) is 5.91 Å². The Labute approximate surface area is 204 Å². The lowest BCUT2D eigenvalue weighted by Gasteiger charge is -2.29. The Hall–Kier alpha value is -2.96. The smallest absolute Gasteiger partial charge is 0.258 e. The van der Waals surface area contributed by atoms with E-state index in [2.05, 4.69) is 23.1 Å². The van der Waals surface area contributed by atoms with Crippen LogP contribution in [0.15, 0.2) is 54.6 Å². The third-order valence-corrected chi connectivity index (χ3v) is 8.27. The first-order valence-corrected chi connectivity index (χ1v) is 13.0. The number of hydrogen-bond acceptors (Lipinski definition) is 5. The minimum absolute atomic E-state index is 0.0164. The summed E-state index contributed by atoms with van der Waals surface area (Å²) >= 11 is 1.59. The number of hydrogen-bond donors (Lipinski definition) is 0. The highest BCUT2D eigenvalue weighted by Crippen LogP contribution is 2.43. The highest BCUT2D eigenvalue weighted by atomic mass is 32.1. The fourth-order valence-electron chi connectivity index (χ4n) is 4.94. The lowest BCUT2D eigenvalue weighted by molar-refractivity contribution is 0.0974. The van der Waals surface area contributed by atoms with Crippen molar-refractivity contribution in [2.24, 2.45) is 5.92 Å². The van der Waals surface area contributed by atoms with Gasteiger partial charge < -0.3 is 14.5 Å². The normalized spacial score (nSPS) is 17.6. The van der Waals surface area contributed by atoms with Crippen LogP contribution in [0.25, 0.3) is 10.4 Å². The van der Waals surface area contributed by atoms with E-state index in [9.17, 15) is 9.59 Å². The molecular formula is C28H28N2O3S. The van der Waals surface area contributed by atoms with Crippen molar-refractivity contribution in [2.75, 3.05) is 42.6 Å². The average molecular weight is 473 g/mol. The Morgan fingerprint density at radius 1 is 0.971 bits per heavy atom. The van der Waals surface area contributed by atoms with E-state index in [0.29, 0.717) is 37.7 Å². The number of morpholine rings is 1. The molecule has 0 N–H and O–H groups in total. The molecule has 34 heavy (non-hydrogen) atoms. The summed E-state index contributed by atoms with van der Waals surface area (Å²) in [4.78, 5) is 32.7. The number of ketones is 1. The highest BCUT2D eigenvalue weighted by molar-refractivity contribution is 7.17. The van der Waals surface area contributed by atoms with Crippen molar-refractivity contribution in [3.8, 4) is 10.4 Å². The number of amides is 1. The van der Waals surface area contributed by atoms with Crippen molar-refractivity contribution in [2.45, 2.75) is 25.7 Å². The molecule has 3 heterocycles. The van der Waals surface area contributed by atoms with Gasteiger partial charge in [0.2, 0.25) is 0 Å². The first kappa shape index (κ1) is 21.6. The number of anilines is 2. The molecule has 3 aliphatic rings. The van der Waals surface area contributed by atoms with Gasteiger partial charge in [-0.05, 0) is 61.1 Å². The van der Waals surface area contributed by atoms with Crippen molar-refractivity contribution in [1.29, 1.82) is 0 Å². The second-order valence-corrected chi connectivity index (χ2v) is 10.5. The van der Waals surface area contributed by atoms with Gasteiger partial charge in [-0.2, -0.15) is 0 Å². The first-order valence-electron chi connectivity index (χ1n) is 12.2. The Morgan fingerprint density at radius 3 is 2.62 bits per heavy atom. The summed E-state index contributed by atoms with van der Waals surface area (Å²) in [5.74, 6) is 0.872. The van der Waals surface area contributed by atoms with Crippen LogP contribution in [-0.2, 0) is 11.2 Å². The topological polar surface area (TPSA) is 49.9 Å². The lowest BCUT2D eigenvalue weighted by Crippen LogP contribution is -2.36. The monoisotopic (exact) mass is 472 g/mol. The number of nitrogens with zero attached hydrogens (tertiary/aromatic N) is 2. The summed E-state index contributed by atoms with van der Waals surface area (Å²) in [6, 6.07) is 18.1. The van der Waals surface area contributed by atoms with Gasteiger partial charge >= 0.3 is 0 Å². The van der Waals surface area contributed by atoms with Gasteiger partial charge in [0.1, 0.15) is 0 Å². The predicted molar refractivity (Wildman–Crippen MR) is 136 cm³/mol. The minimum atomic E-state index is 0.0164. The number of Topliss-reactive ketones (excluding diaryl/α,β-unsaturated/α-hetero) is 1. The number of ether oxygens (including phenoxy) is 1. The summed E-state index contributed by atoms with van der Waals surface area (Å²) in [6.07, 6.45) is 3.78. The predicted octanol–water partition coefficient (Wildman–Crippen LogP) is 5.44. The largest absolute Gasteiger partial charge is 0.378 e. The van der Waals surface area contributed by atoms with Crippen LogP contribution in [0.2, 0.25) is 0 Å². The number of carbonyl (C=O) groups excluding carboxylic acids is 2. The quantitative estimate of drug-likeness (QED) is 0.464. The maximum absolute atomic E-state index is 13.8. The molecule has 2 aromatic carbocycles. The SMILES string of the molecule is O=C(CC1CC1)c1cc2c(s1)-c1ccccc1N(C(=O)c1cccc(N3CCOCC3)c1)CC2. The Balaban J connectivity index is 1.31. The fraction of sp³-hybridized carbons (Fsp3) is 0.357. The molecule has 1 aromatic heterocycles. The number of rotatable bonds is 5. The van der Waals surface area contributed by atoms with Crippen LogP contribution in [0.3, 0.4) is 0 Å². The van der Waals surface area contributed by atoms with E-state index < -0.39 is 0 Å². The molecule has 0 bridgehead atoms. The molecule has 1 saturated heterocycles. The van der Waals surface area contributed by atoms with Crippen molar-refractivity contribution in [3.63, 3.8) is 0 Å². The molecule has 1 amide bonds. The molecular weight excluding hydrogens is 444 g/mol. The highest BCUT2D eigenvalue weighted by Gasteiger charge is 2.30. The lowest BCUT2D eigenvalue weighted by atomic mass is 10.1. The number of benzene rings is 2. The summed E-state index contributed by atoms with van der Waals surface area (Å²) in [5.41, 5.74) is 4.91. The van der Waals surface area contributed by atoms with Crippen molar-refractivity contribution >= 4 is 34.4 Å². The molecule has 5 nitrogen and oxygen atoms in total. The summed E-state index contributed by atoms with van der Waals surface area (Å²) in [7, 11) is 0. The van der Waals surface area contributed by atoms with E-state index in [-0.39, 0.29) is 11.7 Å². The zero-order chi connectivity index (χ0) is 23.1. The van der Waals surface area contributed by atoms with Crippen LogP contribution < -0.4 is 9.80 Å². The molecule has 1 aliphatic carbocycles. The van der Waals surface area contributed by atoms with Crippen molar-refractivity contribution in [1.82, 2.24) is 0 Å². The number of para-hydroxylation sites is 1. The number of fused-ring (bicyclic) bond motifs is 3. The molecule has 0 spiro atoms. The van der Waals surface area contributed by atoms with Crippen LogP contribution in [0.1, 0.15) is 44.9 Å². The fourth-order valence-corrected chi connectivity index (χ4v) is 6.14. The maximum Gasteiger partial charge on any atom is 0.258 e. The third-order valence-electron chi connectivity index (χ3n) is 7.01. The molecule has 1 saturated carbocycles. The Bertz CT molecular complexity index is 1240. The molecule has 0 unspecified atom stereocenters. The molecule has 6 rings (SSSR count). The zero-order valence-corrected chi connectivity index (χ0v) is 20.0. The molecule has 6 heteroatoms. The second kappa shape index (κ2) is 9.01. The van der Waals surface area contributed by atoms with Gasteiger partial charge in [-0.3, -0.25) is 9.59 Å². The summed E-state index contributed by atoms with van der Waals surface area (Å²) in [6.45, 7) is 3.70. The molecule has 2 aliphatic heterocycles. The standard InChI is InChI=1S/C28H28N2O3S/c31-25(16-19-8-9-19)26-18-20-10-11-30(24-7-2-1-6-23(24)27(20)34-26)28(32)21-4-3-5-22(17-21)29-12-14-33-15-13-29/h1-7,17-19H,8-16H2. The molecule has 3 aromatic rings. The second-order valence-electron chi connectivity index (χ2n) is 9.41. The van der Waals surface area contributed by atoms with E-state index in [1.54, 1.807) is 11.3 Å². The zero-order valence-electron chi connectivity index (χ0n) is 19.2. The van der Waals surface area contributed by atoms with Crippen LogP contribution in [0, 0.1) is 5.92 Å². The van der Waals surface area contributed by atoms with Gasteiger partial charge in [-0.1, -0.05) is 24.3 Å². The van der Waals surface area contributed by atoms with Crippen LogP contribution in [-0.4, -0.2) is 44.5 Å². The van der Waals surface area contributed by atoms with Gasteiger partial charge in [-0.25, -0.2) is 0 Å². The van der Waals surface area contributed by atoms with E-state index in [0.717, 1.165) is 46.2 Å². The number of carbonyl (C=O) groups is 2. The first-order chi connectivity index (χ1) is 16.7. The molecule has 174 valence electrons. The number of thiophene rings is 1. The van der Waals surface area contributed by atoms with E-state index >= 15 is 0 Å². The van der Waals surface area contributed by atoms with Gasteiger partial charge in [0.05, 0.1) is 23.8 Å². The maximum atomic E-state index is 13.8. The van der Waals surface area contributed by atoms with E-state index in [1.165, 1.54) is 18.4 Å². The van der Waals surface area contributed by atoms with Gasteiger partial charge in [0.15, 0.2) is 5.78 Å². The van der Waals surface area contributed by atoms with Gasteiger partial charge in [-0.15, -0.1) is 11.3 Å². The van der Waals surface area contributed by atoms with Gasteiger partial charge in [0, 0.05) is 47.7 Å². The van der Waals surface area contributed by atoms with E-state index in [4.69, 9.17) is 4.74 Å². The molecule has 2 fully saturated rings. The Morgan fingerprint density at radius 2 is 1.79 bits per heavy atom. The van der Waals surface area contributed by atoms with Crippen molar-refractivity contribution < 1.29 is 14.3 Å². The summed E-state index contributed by atoms with van der Waals surface area (Å²) in [5, 5.41) is 0.